The van der Waals surface area contributed by atoms with Gasteiger partial charge >= 0.3 is 0 Å². The van der Waals surface area contributed by atoms with Gasteiger partial charge in [-0.25, -0.2) is 4.98 Å². The van der Waals surface area contributed by atoms with Crippen molar-refractivity contribution in [3.63, 3.8) is 0 Å². The molecule has 5 heteroatoms. The van der Waals surface area contributed by atoms with Crippen molar-refractivity contribution >= 4 is 5.69 Å². The molecule has 3 rings (SSSR count). The molecule has 2 aromatic rings. The number of aromatic nitrogens is 3. The largest absolute Gasteiger partial charge is 0.388 e. The number of likely N-dealkylation sites (tertiary alicyclic amines) is 1. The molecule has 106 valence electrons. The van der Waals surface area contributed by atoms with Crippen molar-refractivity contribution in [3.8, 4) is 0 Å². The van der Waals surface area contributed by atoms with E-state index < -0.39 is 0 Å². The fourth-order valence-corrected chi connectivity index (χ4v) is 2.88. The van der Waals surface area contributed by atoms with E-state index in [1.54, 1.807) is 6.33 Å². The summed E-state index contributed by atoms with van der Waals surface area (Å²) in [4.78, 5) is 14.4. The number of H-pyrrole nitrogens is 1. The Morgan fingerprint density at radius 1 is 1.45 bits per heavy atom. The van der Waals surface area contributed by atoms with Gasteiger partial charge in [0.15, 0.2) is 0 Å². The molecular formula is C15H21N5. The Bertz CT molecular complexity index is 564. The standard InChI is InChI=1S/C15H21N5/c1-11-5-13(16-2)6-15(19-11)12-3-4-20(8-12)9-14-7-17-10-18-14/h5-7,10,12H,3-4,8-9H2,1-2H3,(H,16,19)(H,17,18)/t12-/m0/s1. The smallest absolute Gasteiger partial charge is 0.0922 e. The first-order valence-corrected chi connectivity index (χ1v) is 7.10. The number of hydrogen-bond donors (Lipinski definition) is 2. The summed E-state index contributed by atoms with van der Waals surface area (Å²) in [6, 6.07) is 4.26. The maximum Gasteiger partial charge on any atom is 0.0922 e. The van der Waals surface area contributed by atoms with Gasteiger partial charge in [-0.15, -0.1) is 0 Å². The lowest BCUT2D eigenvalue weighted by Crippen LogP contribution is -2.20. The number of aromatic amines is 1. The summed E-state index contributed by atoms with van der Waals surface area (Å²) >= 11 is 0. The molecule has 0 radical (unpaired) electrons. The molecule has 5 nitrogen and oxygen atoms in total. The van der Waals surface area contributed by atoms with Crippen molar-refractivity contribution in [1.82, 2.24) is 19.9 Å². The monoisotopic (exact) mass is 271 g/mol. The normalized spacial score (nSPS) is 19.4. The van der Waals surface area contributed by atoms with E-state index in [1.165, 1.54) is 17.8 Å². The third-order valence-corrected chi connectivity index (χ3v) is 3.90. The molecule has 0 spiro atoms. The van der Waals surface area contributed by atoms with Crippen molar-refractivity contribution in [1.29, 1.82) is 0 Å². The van der Waals surface area contributed by atoms with E-state index in [2.05, 4.69) is 39.2 Å². The van der Waals surface area contributed by atoms with Crippen molar-refractivity contribution < 1.29 is 0 Å². The van der Waals surface area contributed by atoms with Crippen LogP contribution in [-0.2, 0) is 6.54 Å². The molecule has 1 fully saturated rings. The predicted molar refractivity (Wildman–Crippen MR) is 79.7 cm³/mol. The van der Waals surface area contributed by atoms with E-state index in [1.807, 2.05) is 13.2 Å². The Labute approximate surface area is 119 Å². The number of rotatable bonds is 4. The zero-order chi connectivity index (χ0) is 13.9. The van der Waals surface area contributed by atoms with Gasteiger partial charge in [0.2, 0.25) is 0 Å². The lowest BCUT2D eigenvalue weighted by Gasteiger charge is -2.15. The van der Waals surface area contributed by atoms with Crippen LogP contribution in [0.15, 0.2) is 24.7 Å². The summed E-state index contributed by atoms with van der Waals surface area (Å²) in [7, 11) is 1.96. The van der Waals surface area contributed by atoms with Gasteiger partial charge < -0.3 is 10.3 Å². The highest BCUT2D eigenvalue weighted by molar-refractivity contribution is 5.45. The predicted octanol–water partition coefficient (Wildman–Crippen LogP) is 2.14. The second kappa shape index (κ2) is 5.63. The van der Waals surface area contributed by atoms with Crippen LogP contribution in [0.1, 0.15) is 29.4 Å². The van der Waals surface area contributed by atoms with Gasteiger partial charge in [-0.2, -0.15) is 0 Å². The van der Waals surface area contributed by atoms with Crippen LogP contribution in [0.4, 0.5) is 5.69 Å². The average molecular weight is 271 g/mol. The molecule has 3 heterocycles. The van der Waals surface area contributed by atoms with Gasteiger partial charge in [-0.1, -0.05) is 0 Å². The third-order valence-electron chi connectivity index (χ3n) is 3.90. The number of anilines is 1. The van der Waals surface area contributed by atoms with Crippen LogP contribution in [0.25, 0.3) is 0 Å². The van der Waals surface area contributed by atoms with Gasteiger partial charge in [0, 0.05) is 55.0 Å². The second-order valence-electron chi connectivity index (χ2n) is 5.47. The van der Waals surface area contributed by atoms with E-state index in [0.717, 1.165) is 31.0 Å². The Kier molecular flexibility index (Phi) is 3.69. The summed E-state index contributed by atoms with van der Waals surface area (Å²) in [5.74, 6) is 0.532. The second-order valence-corrected chi connectivity index (χ2v) is 5.47. The Morgan fingerprint density at radius 3 is 3.10 bits per heavy atom. The zero-order valence-electron chi connectivity index (χ0n) is 12.1. The minimum atomic E-state index is 0.532. The number of pyridine rings is 1. The number of aryl methyl sites for hydroxylation is 1. The minimum absolute atomic E-state index is 0.532. The Morgan fingerprint density at radius 2 is 2.35 bits per heavy atom. The van der Waals surface area contributed by atoms with Gasteiger partial charge in [-0.3, -0.25) is 9.88 Å². The molecule has 2 N–H and O–H groups in total. The average Bonchev–Trinajstić information content (AvgIpc) is 3.10. The van der Waals surface area contributed by atoms with E-state index in [4.69, 9.17) is 4.98 Å². The zero-order valence-corrected chi connectivity index (χ0v) is 12.1. The quantitative estimate of drug-likeness (QED) is 0.894. The number of imidazole rings is 1. The fourth-order valence-electron chi connectivity index (χ4n) is 2.88. The molecule has 2 aromatic heterocycles. The molecule has 0 amide bonds. The van der Waals surface area contributed by atoms with Crippen molar-refractivity contribution in [2.75, 3.05) is 25.5 Å². The molecule has 1 saturated heterocycles. The lowest BCUT2D eigenvalue weighted by atomic mass is 10.0. The van der Waals surface area contributed by atoms with Crippen LogP contribution in [0.3, 0.4) is 0 Å². The van der Waals surface area contributed by atoms with E-state index in [-0.39, 0.29) is 0 Å². The van der Waals surface area contributed by atoms with Crippen molar-refractivity contribution in [2.24, 2.45) is 0 Å². The van der Waals surface area contributed by atoms with Crippen molar-refractivity contribution in [3.05, 3.63) is 41.7 Å². The van der Waals surface area contributed by atoms with Crippen LogP contribution in [0.5, 0.6) is 0 Å². The van der Waals surface area contributed by atoms with Gasteiger partial charge in [0.1, 0.15) is 0 Å². The molecule has 0 bridgehead atoms. The van der Waals surface area contributed by atoms with Gasteiger partial charge in [0.25, 0.3) is 0 Å². The van der Waals surface area contributed by atoms with Crippen LogP contribution in [0.2, 0.25) is 0 Å². The van der Waals surface area contributed by atoms with Gasteiger partial charge in [-0.05, 0) is 32.0 Å². The maximum atomic E-state index is 4.71. The Hall–Kier alpha value is -1.88. The molecule has 1 aliphatic rings. The molecule has 1 atom stereocenters. The van der Waals surface area contributed by atoms with Crippen LogP contribution >= 0.6 is 0 Å². The molecule has 0 saturated carbocycles. The summed E-state index contributed by atoms with van der Waals surface area (Å²) in [5.41, 5.74) is 4.62. The summed E-state index contributed by atoms with van der Waals surface area (Å²) in [6.07, 6.45) is 4.81. The molecule has 1 aliphatic heterocycles. The van der Waals surface area contributed by atoms with Crippen molar-refractivity contribution in [2.45, 2.75) is 25.8 Å². The Balaban J connectivity index is 1.69. The van der Waals surface area contributed by atoms with E-state index in [0.29, 0.717) is 5.92 Å². The topological polar surface area (TPSA) is 56.8 Å². The first-order chi connectivity index (χ1) is 9.74. The molecule has 0 aromatic carbocycles. The molecule has 0 aliphatic carbocycles. The van der Waals surface area contributed by atoms with E-state index in [9.17, 15) is 0 Å². The molecule has 0 unspecified atom stereocenters. The SMILES string of the molecule is CNc1cc(C)nc([C@H]2CCN(Cc3cnc[nH]3)C2)c1. The van der Waals surface area contributed by atoms with Crippen LogP contribution in [-0.4, -0.2) is 40.0 Å². The fraction of sp³-hybridized carbons (Fsp3) is 0.467. The number of hydrogen-bond acceptors (Lipinski definition) is 4. The number of nitrogens with zero attached hydrogens (tertiary/aromatic N) is 3. The molecule has 20 heavy (non-hydrogen) atoms. The lowest BCUT2D eigenvalue weighted by molar-refractivity contribution is 0.323. The van der Waals surface area contributed by atoms with Crippen LogP contribution < -0.4 is 5.32 Å². The first kappa shape index (κ1) is 13.1. The highest BCUT2D eigenvalue weighted by Gasteiger charge is 2.25. The summed E-state index contributed by atoms with van der Waals surface area (Å²) < 4.78 is 0. The van der Waals surface area contributed by atoms with Gasteiger partial charge in [0.05, 0.1) is 6.33 Å². The van der Waals surface area contributed by atoms with Crippen LogP contribution in [0, 0.1) is 6.92 Å². The van der Waals surface area contributed by atoms with E-state index >= 15 is 0 Å². The molecular weight excluding hydrogens is 250 g/mol. The minimum Gasteiger partial charge on any atom is -0.388 e. The highest BCUT2D eigenvalue weighted by Crippen LogP contribution is 2.28. The summed E-state index contributed by atoms with van der Waals surface area (Å²) in [5, 5.41) is 3.21. The number of nitrogens with one attached hydrogen (secondary N) is 2. The summed E-state index contributed by atoms with van der Waals surface area (Å²) in [6.45, 7) is 5.19. The first-order valence-electron chi connectivity index (χ1n) is 7.10. The highest BCUT2D eigenvalue weighted by atomic mass is 15.2. The third kappa shape index (κ3) is 2.82. The maximum absolute atomic E-state index is 4.71.